The predicted molar refractivity (Wildman–Crippen MR) is 138 cm³/mol. The van der Waals surface area contributed by atoms with Crippen LogP contribution in [0.5, 0.6) is 5.75 Å². The van der Waals surface area contributed by atoms with Crippen LogP contribution in [0.1, 0.15) is 16.1 Å². The fraction of sp³-hybridized carbons (Fsp3) is 0.154. The van der Waals surface area contributed by atoms with Crippen molar-refractivity contribution in [2.45, 2.75) is 6.54 Å². The maximum Gasteiger partial charge on any atom is 0.257 e. The molecule has 0 aliphatic carbocycles. The Kier molecular flexibility index (Phi) is 7.57. The van der Waals surface area contributed by atoms with E-state index >= 15 is 0 Å². The standard InChI is InChI=1S/C26H26N6O4/c1-4-22(33)28-17-7-6-8-18(15-17)29-26-30-21-16-27-25(34)23(21)24(31-26)32(5-2)19-9-11-20(12-10-19)36-14-13-35-3/h4-12,15H,1-2,13-14,16H2,3H3,(H,27,34)(H,28,33)(H,29,30,31). The minimum absolute atomic E-state index is 0.257. The van der Waals surface area contributed by atoms with Gasteiger partial charge < -0.3 is 30.3 Å². The number of fused-ring (bicyclic) bond motifs is 1. The van der Waals surface area contributed by atoms with Gasteiger partial charge in [0.2, 0.25) is 11.9 Å². The SMILES string of the molecule is C=CC(=O)Nc1cccc(Nc2nc3c(c(N(C=C)c4ccc(OCCOC)cc4)n2)C(=O)NC3)c1. The zero-order valence-electron chi connectivity index (χ0n) is 19.8. The summed E-state index contributed by atoms with van der Waals surface area (Å²) >= 11 is 0. The van der Waals surface area contributed by atoms with Gasteiger partial charge in [-0.15, -0.1) is 0 Å². The third kappa shape index (κ3) is 5.50. The molecule has 0 bridgehead atoms. The monoisotopic (exact) mass is 486 g/mol. The molecule has 4 rings (SSSR count). The molecule has 10 heteroatoms. The van der Waals surface area contributed by atoms with Crippen LogP contribution in [-0.4, -0.2) is 42.1 Å². The van der Waals surface area contributed by atoms with Gasteiger partial charge in [0.1, 0.15) is 17.9 Å². The van der Waals surface area contributed by atoms with Crippen molar-refractivity contribution in [3.8, 4) is 5.75 Å². The van der Waals surface area contributed by atoms with E-state index in [0.29, 0.717) is 53.4 Å². The van der Waals surface area contributed by atoms with Crippen LogP contribution >= 0.6 is 0 Å². The molecule has 0 spiro atoms. The smallest absolute Gasteiger partial charge is 0.257 e. The third-order valence-corrected chi connectivity index (χ3v) is 5.26. The van der Waals surface area contributed by atoms with Gasteiger partial charge in [0, 0.05) is 30.4 Å². The van der Waals surface area contributed by atoms with Crippen LogP contribution < -0.4 is 25.6 Å². The van der Waals surface area contributed by atoms with Crippen LogP contribution in [0.3, 0.4) is 0 Å². The number of anilines is 5. The second-order valence-corrected chi connectivity index (χ2v) is 7.66. The summed E-state index contributed by atoms with van der Waals surface area (Å²) in [4.78, 5) is 35.2. The van der Waals surface area contributed by atoms with E-state index in [1.807, 2.05) is 30.3 Å². The van der Waals surface area contributed by atoms with E-state index in [1.54, 1.807) is 36.4 Å². The highest BCUT2D eigenvalue weighted by atomic mass is 16.5. The Labute approximate surface area is 208 Å². The third-order valence-electron chi connectivity index (χ3n) is 5.26. The normalized spacial score (nSPS) is 11.8. The maximum atomic E-state index is 12.6. The number of methoxy groups -OCH3 is 1. The van der Waals surface area contributed by atoms with E-state index in [1.165, 1.54) is 6.08 Å². The molecule has 0 fully saturated rings. The number of nitrogens with one attached hydrogen (secondary N) is 3. The Hall–Kier alpha value is -4.70. The summed E-state index contributed by atoms with van der Waals surface area (Å²) in [5.74, 6) is 0.795. The molecule has 0 saturated heterocycles. The minimum atomic E-state index is -0.315. The molecule has 2 amide bonds. The first-order valence-corrected chi connectivity index (χ1v) is 11.2. The largest absolute Gasteiger partial charge is 0.491 e. The van der Waals surface area contributed by atoms with Crippen molar-refractivity contribution >= 4 is 40.6 Å². The van der Waals surface area contributed by atoms with E-state index in [9.17, 15) is 9.59 Å². The topological polar surface area (TPSA) is 118 Å². The van der Waals surface area contributed by atoms with Gasteiger partial charge in [0.25, 0.3) is 5.91 Å². The molecule has 1 aliphatic heterocycles. The number of rotatable bonds is 11. The van der Waals surface area contributed by atoms with Crippen LogP contribution in [0.4, 0.5) is 28.8 Å². The second kappa shape index (κ2) is 11.2. The van der Waals surface area contributed by atoms with Crippen molar-refractivity contribution in [2.75, 3.05) is 35.9 Å². The quantitative estimate of drug-likeness (QED) is 0.276. The number of amides is 2. The fourth-order valence-corrected chi connectivity index (χ4v) is 3.59. The first-order chi connectivity index (χ1) is 17.5. The van der Waals surface area contributed by atoms with Crippen molar-refractivity contribution in [2.24, 2.45) is 0 Å². The van der Waals surface area contributed by atoms with Gasteiger partial charge in [-0.3, -0.25) is 9.59 Å². The fourth-order valence-electron chi connectivity index (χ4n) is 3.59. The van der Waals surface area contributed by atoms with Crippen molar-refractivity contribution < 1.29 is 19.1 Å². The molecule has 0 atom stereocenters. The molecule has 3 aromatic rings. The molecule has 2 heterocycles. The number of nitrogens with zero attached hydrogens (tertiary/aromatic N) is 3. The highest BCUT2D eigenvalue weighted by Gasteiger charge is 2.29. The molecule has 0 saturated carbocycles. The molecule has 10 nitrogen and oxygen atoms in total. The summed E-state index contributed by atoms with van der Waals surface area (Å²) in [6.07, 6.45) is 2.78. The maximum absolute atomic E-state index is 12.6. The molecule has 0 radical (unpaired) electrons. The van der Waals surface area contributed by atoms with Crippen molar-refractivity contribution in [3.63, 3.8) is 0 Å². The lowest BCUT2D eigenvalue weighted by Gasteiger charge is -2.22. The lowest BCUT2D eigenvalue weighted by Crippen LogP contribution is -2.18. The second-order valence-electron chi connectivity index (χ2n) is 7.66. The van der Waals surface area contributed by atoms with Crippen LogP contribution in [-0.2, 0) is 16.1 Å². The summed E-state index contributed by atoms with van der Waals surface area (Å²) in [6.45, 7) is 8.60. The Morgan fingerprint density at radius 1 is 1.14 bits per heavy atom. The lowest BCUT2D eigenvalue weighted by molar-refractivity contribution is -0.111. The van der Waals surface area contributed by atoms with Gasteiger partial charge in [-0.05, 0) is 48.5 Å². The Morgan fingerprint density at radius 2 is 1.92 bits per heavy atom. The first kappa shape index (κ1) is 24.4. The summed E-state index contributed by atoms with van der Waals surface area (Å²) < 4.78 is 10.6. The Morgan fingerprint density at radius 3 is 2.64 bits per heavy atom. The highest BCUT2D eigenvalue weighted by Crippen LogP contribution is 2.33. The summed E-state index contributed by atoms with van der Waals surface area (Å²) in [5, 5.41) is 8.68. The average Bonchev–Trinajstić information content (AvgIpc) is 3.26. The van der Waals surface area contributed by atoms with Crippen LogP contribution in [0.25, 0.3) is 0 Å². The van der Waals surface area contributed by atoms with Crippen LogP contribution in [0, 0.1) is 0 Å². The number of ether oxygens (including phenoxy) is 2. The van der Waals surface area contributed by atoms with E-state index in [0.717, 1.165) is 5.69 Å². The molecule has 2 aromatic carbocycles. The van der Waals surface area contributed by atoms with Gasteiger partial charge >= 0.3 is 0 Å². The van der Waals surface area contributed by atoms with E-state index in [4.69, 9.17) is 9.47 Å². The van der Waals surface area contributed by atoms with Gasteiger partial charge in [0.15, 0.2) is 5.82 Å². The molecule has 1 aromatic heterocycles. The van der Waals surface area contributed by atoms with Gasteiger partial charge in [-0.2, -0.15) is 4.98 Å². The Balaban J connectivity index is 1.64. The van der Waals surface area contributed by atoms with Gasteiger partial charge in [0.05, 0.1) is 18.8 Å². The number of carbonyl (C=O) groups excluding carboxylic acids is 2. The summed E-state index contributed by atoms with van der Waals surface area (Å²) in [7, 11) is 1.62. The van der Waals surface area contributed by atoms with E-state index < -0.39 is 0 Å². The van der Waals surface area contributed by atoms with Crippen molar-refractivity contribution in [3.05, 3.63) is 85.2 Å². The van der Waals surface area contributed by atoms with Crippen molar-refractivity contribution in [1.29, 1.82) is 0 Å². The van der Waals surface area contributed by atoms with Crippen LogP contribution in [0.15, 0.2) is 74.0 Å². The first-order valence-electron chi connectivity index (χ1n) is 11.2. The van der Waals surface area contributed by atoms with E-state index in [-0.39, 0.29) is 18.4 Å². The molecule has 184 valence electrons. The lowest BCUT2D eigenvalue weighted by atomic mass is 10.2. The summed E-state index contributed by atoms with van der Waals surface area (Å²) in [5.41, 5.74) is 2.93. The zero-order valence-corrected chi connectivity index (χ0v) is 19.8. The van der Waals surface area contributed by atoms with Crippen molar-refractivity contribution in [1.82, 2.24) is 15.3 Å². The number of carbonyl (C=O) groups is 2. The molecule has 36 heavy (non-hydrogen) atoms. The van der Waals surface area contributed by atoms with Crippen LogP contribution in [0.2, 0.25) is 0 Å². The number of hydrogen-bond donors (Lipinski definition) is 3. The average molecular weight is 487 g/mol. The van der Waals surface area contributed by atoms with Gasteiger partial charge in [-0.1, -0.05) is 19.2 Å². The highest BCUT2D eigenvalue weighted by molar-refractivity contribution is 6.03. The summed E-state index contributed by atoms with van der Waals surface area (Å²) in [6, 6.07) is 14.5. The minimum Gasteiger partial charge on any atom is -0.491 e. The molecule has 0 unspecified atom stereocenters. The molecule has 3 N–H and O–H groups in total. The number of aromatic nitrogens is 2. The zero-order chi connectivity index (χ0) is 25.5. The predicted octanol–water partition coefficient (Wildman–Crippen LogP) is 3.89. The molecular weight excluding hydrogens is 460 g/mol. The molecule has 1 aliphatic rings. The van der Waals surface area contributed by atoms with E-state index in [2.05, 4.69) is 39.1 Å². The Bertz CT molecular complexity index is 1290. The molecular formula is C26H26N6O4. The van der Waals surface area contributed by atoms with Gasteiger partial charge in [-0.25, -0.2) is 4.98 Å². The number of hydrogen-bond acceptors (Lipinski definition) is 8. The number of benzene rings is 2.